The van der Waals surface area contributed by atoms with Crippen molar-refractivity contribution in [2.45, 2.75) is 0 Å². The Morgan fingerprint density at radius 3 is 2.64 bits per heavy atom. The SMILES string of the molecule is COC(=O)c1ccccc1NC(=O)COc1cccc(N)c1. The number of amides is 1. The summed E-state index contributed by atoms with van der Waals surface area (Å²) in [5.74, 6) is -0.414. The minimum Gasteiger partial charge on any atom is -0.484 e. The monoisotopic (exact) mass is 300 g/mol. The Labute approximate surface area is 127 Å². The van der Waals surface area contributed by atoms with Gasteiger partial charge in [0.2, 0.25) is 0 Å². The minimum absolute atomic E-state index is 0.195. The summed E-state index contributed by atoms with van der Waals surface area (Å²) in [4.78, 5) is 23.5. The van der Waals surface area contributed by atoms with Gasteiger partial charge in [0.15, 0.2) is 6.61 Å². The van der Waals surface area contributed by atoms with Gasteiger partial charge in [0.1, 0.15) is 5.75 Å². The van der Waals surface area contributed by atoms with Gasteiger partial charge in [-0.25, -0.2) is 4.79 Å². The molecule has 0 saturated heterocycles. The van der Waals surface area contributed by atoms with Crippen LogP contribution in [0.15, 0.2) is 48.5 Å². The van der Waals surface area contributed by atoms with Crippen LogP contribution in [0, 0.1) is 0 Å². The third kappa shape index (κ3) is 3.99. The van der Waals surface area contributed by atoms with Gasteiger partial charge in [-0.3, -0.25) is 4.79 Å². The Morgan fingerprint density at radius 1 is 1.14 bits per heavy atom. The Balaban J connectivity index is 1.99. The van der Waals surface area contributed by atoms with Crippen LogP contribution in [0.3, 0.4) is 0 Å². The summed E-state index contributed by atoms with van der Waals surface area (Å²) in [6.45, 7) is -0.195. The molecular weight excluding hydrogens is 284 g/mol. The van der Waals surface area contributed by atoms with Gasteiger partial charge in [0.05, 0.1) is 18.4 Å². The summed E-state index contributed by atoms with van der Waals surface area (Å²) >= 11 is 0. The maximum Gasteiger partial charge on any atom is 0.339 e. The molecule has 0 aliphatic rings. The molecule has 0 bridgehead atoms. The van der Waals surface area contributed by atoms with Crippen LogP contribution in [-0.2, 0) is 9.53 Å². The molecule has 2 rings (SSSR count). The van der Waals surface area contributed by atoms with Crippen molar-refractivity contribution in [1.29, 1.82) is 0 Å². The van der Waals surface area contributed by atoms with Crippen LogP contribution in [0.1, 0.15) is 10.4 Å². The molecule has 0 atom stereocenters. The summed E-state index contributed by atoms with van der Waals surface area (Å²) in [5.41, 5.74) is 6.83. The van der Waals surface area contributed by atoms with E-state index in [0.717, 1.165) is 0 Å². The second-order valence-corrected chi connectivity index (χ2v) is 4.45. The molecular formula is C16H16N2O4. The Bertz CT molecular complexity index is 685. The number of methoxy groups -OCH3 is 1. The van der Waals surface area contributed by atoms with E-state index in [1.807, 2.05) is 0 Å². The summed E-state index contributed by atoms with van der Waals surface area (Å²) in [5, 5.41) is 2.61. The number of para-hydroxylation sites is 1. The lowest BCUT2D eigenvalue weighted by atomic mass is 10.2. The molecule has 0 aromatic heterocycles. The minimum atomic E-state index is -0.521. The highest BCUT2D eigenvalue weighted by atomic mass is 16.5. The maximum atomic E-state index is 11.9. The van der Waals surface area contributed by atoms with E-state index in [2.05, 4.69) is 10.1 Å². The number of hydrogen-bond acceptors (Lipinski definition) is 5. The molecule has 1 amide bonds. The molecule has 0 heterocycles. The van der Waals surface area contributed by atoms with Crippen LogP contribution in [0.25, 0.3) is 0 Å². The topological polar surface area (TPSA) is 90.6 Å². The van der Waals surface area contributed by atoms with Gasteiger partial charge in [-0.1, -0.05) is 18.2 Å². The van der Waals surface area contributed by atoms with E-state index in [1.54, 1.807) is 48.5 Å². The lowest BCUT2D eigenvalue weighted by Gasteiger charge is -2.10. The van der Waals surface area contributed by atoms with Crippen LogP contribution >= 0.6 is 0 Å². The Hall–Kier alpha value is -3.02. The van der Waals surface area contributed by atoms with Crippen molar-refractivity contribution in [3.05, 3.63) is 54.1 Å². The van der Waals surface area contributed by atoms with Crippen molar-refractivity contribution in [3.63, 3.8) is 0 Å². The molecule has 0 aliphatic carbocycles. The largest absolute Gasteiger partial charge is 0.484 e. The zero-order valence-electron chi connectivity index (χ0n) is 12.0. The number of esters is 1. The molecule has 0 unspecified atom stereocenters. The molecule has 0 aliphatic heterocycles. The number of nitrogen functional groups attached to an aromatic ring is 1. The lowest BCUT2D eigenvalue weighted by molar-refractivity contribution is -0.118. The van der Waals surface area contributed by atoms with Crippen LogP contribution in [-0.4, -0.2) is 25.6 Å². The number of ether oxygens (including phenoxy) is 2. The Morgan fingerprint density at radius 2 is 1.91 bits per heavy atom. The first kappa shape index (κ1) is 15.4. The average Bonchev–Trinajstić information content (AvgIpc) is 2.53. The summed E-state index contributed by atoms with van der Waals surface area (Å²) in [6, 6.07) is 13.4. The van der Waals surface area contributed by atoms with E-state index in [0.29, 0.717) is 17.1 Å². The lowest BCUT2D eigenvalue weighted by Crippen LogP contribution is -2.21. The van der Waals surface area contributed by atoms with Crippen LogP contribution in [0.5, 0.6) is 5.75 Å². The second kappa shape index (κ2) is 7.12. The van der Waals surface area contributed by atoms with Gasteiger partial charge in [-0.15, -0.1) is 0 Å². The fourth-order valence-corrected chi connectivity index (χ4v) is 1.82. The number of nitrogens with one attached hydrogen (secondary N) is 1. The number of rotatable bonds is 5. The summed E-state index contributed by atoms with van der Waals surface area (Å²) < 4.78 is 10.0. The predicted octanol–water partition coefficient (Wildman–Crippen LogP) is 2.07. The van der Waals surface area contributed by atoms with E-state index in [1.165, 1.54) is 7.11 Å². The molecule has 22 heavy (non-hydrogen) atoms. The third-order valence-electron chi connectivity index (χ3n) is 2.83. The second-order valence-electron chi connectivity index (χ2n) is 4.45. The first-order valence-corrected chi connectivity index (χ1v) is 6.55. The van der Waals surface area contributed by atoms with Crippen LogP contribution in [0.2, 0.25) is 0 Å². The number of carbonyl (C=O) groups is 2. The van der Waals surface area contributed by atoms with Crippen molar-refractivity contribution in [1.82, 2.24) is 0 Å². The number of hydrogen-bond donors (Lipinski definition) is 2. The molecule has 0 spiro atoms. The molecule has 114 valence electrons. The van der Waals surface area contributed by atoms with Crippen molar-refractivity contribution in [2.24, 2.45) is 0 Å². The average molecular weight is 300 g/mol. The van der Waals surface area contributed by atoms with Crippen molar-refractivity contribution in [3.8, 4) is 5.75 Å². The maximum absolute atomic E-state index is 11.9. The van der Waals surface area contributed by atoms with E-state index in [-0.39, 0.29) is 12.2 Å². The fraction of sp³-hybridized carbons (Fsp3) is 0.125. The van der Waals surface area contributed by atoms with E-state index < -0.39 is 11.9 Å². The number of nitrogens with two attached hydrogens (primary N) is 1. The first-order valence-electron chi connectivity index (χ1n) is 6.55. The molecule has 2 aromatic rings. The molecule has 6 heteroatoms. The zero-order chi connectivity index (χ0) is 15.9. The van der Waals surface area contributed by atoms with Gasteiger partial charge in [-0.2, -0.15) is 0 Å². The zero-order valence-corrected chi connectivity index (χ0v) is 12.0. The van der Waals surface area contributed by atoms with Crippen LogP contribution in [0.4, 0.5) is 11.4 Å². The van der Waals surface area contributed by atoms with Gasteiger partial charge in [-0.05, 0) is 24.3 Å². The molecule has 0 saturated carbocycles. The smallest absolute Gasteiger partial charge is 0.339 e. The highest BCUT2D eigenvalue weighted by Gasteiger charge is 2.13. The normalized spacial score (nSPS) is 9.86. The summed E-state index contributed by atoms with van der Waals surface area (Å²) in [6.07, 6.45) is 0. The van der Waals surface area contributed by atoms with Gasteiger partial charge < -0.3 is 20.5 Å². The van der Waals surface area contributed by atoms with E-state index in [9.17, 15) is 9.59 Å². The predicted molar refractivity (Wildman–Crippen MR) is 82.8 cm³/mol. The van der Waals surface area contributed by atoms with Crippen molar-refractivity contribution >= 4 is 23.3 Å². The van der Waals surface area contributed by atoms with Gasteiger partial charge in [0.25, 0.3) is 5.91 Å². The van der Waals surface area contributed by atoms with Gasteiger partial charge >= 0.3 is 5.97 Å². The molecule has 3 N–H and O–H groups in total. The third-order valence-corrected chi connectivity index (χ3v) is 2.83. The molecule has 2 aromatic carbocycles. The molecule has 6 nitrogen and oxygen atoms in total. The highest BCUT2D eigenvalue weighted by Crippen LogP contribution is 2.17. The van der Waals surface area contributed by atoms with E-state index in [4.69, 9.17) is 10.5 Å². The molecule has 0 fully saturated rings. The van der Waals surface area contributed by atoms with Crippen molar-refractivity contribution in [2.75, 3.05) is 24.8 Å². The number of anilines is 2. The first-order chi connectivity index (χ1) is 10.6. The van der Waals surface area contributed by atoms with E-state index >= 15 is 0 Å². The Kier molecular flexibility index (Phi) is 4.98. The van der Waals surface area contributed by atoms with Crippen molar-refractivity contribution < 1.29 is 19.1 Å². The van der Waals surface area contributed by atoms with Crippen LogP contribution < -0.4 is 15.8 Å². The fourth-order valence-electron chi connectivity index (χ4n) is 1.82. The molecule has 0 radical (unpaired) electrons. The number of benzene rings is 2. The highest BCUT2D eigenvalue weighted by molar-refractivity contribution is 6.01. The van der Waals surface area contributed by atoms with Gasteiger partial charge in [0, 0.05) is 11.8 Å². The number of carbonyl (C=O) groups excluding carboxylic acids is 2. The standard InChI is InChI=1S/C16H16N2O4/c1-21-16(20)13-7-2-3-8-14(13)18-15(19)10-22-12-6-4-5-11(17)9-12/h2-9H,10,17H2,1H3,(H,18,19). The summed E-state index contributed by atoms with van der Waals surface area (Å²) in [7, 11) is 1.28. The quantitative estimate of drug-likeness (QED) is 0.651.